The second-order valence-electron chi connectivity index (χ2n) is 3.05. The average molecular weight is 216 g/mol. The Balaban J connectivity index is 3.38. The molecular weight excluding hydrogens is 196 g/mol. The zero-order valence-corrected chi connectivity index (χ0v) is 9.61. The van der Waals surface area contributed by atoms with E-state index in [1.165, 1.54) is 0 Å². The SMILES string of the molecule is C=CCSCCNC(=O)[C@H](N)CCC. The van der Waals surface area contributed by atoms with E-state index in [1.54, 1.807) is 11.8 Å². The predicted molar refractivity (Wildman–Crippen MR) is 63.4 cm³/mol. The smallest absolute Gasteiger partial charge is 0.236 e. The summed E-state index contributed by atoms with van der Waals surface area (Å²) in [6.45, 7) is 6.33. The monoisotopic (exact) mass is 216 g/mol. The molecule has 4 heteroatoms. The van der Waals surface area contributed by atoms with Gasteiger partial charge >= 0.3 is 0 Å². The van der Waals surface area contributed by atoms with Crippen molar-refractivity contribution in [1.82, 2.24) is 5.32 Å². The normalized spacial score (nSPS) is 12.1. The third kappa shape index (κ3) is 6.97. The van der Waals surface area contributed by atoms with Crippen LogP contribution in [0.1, 0.15) is 19.8 Å². The summed E-state index contributed by atoms with van der Waals surface area (Å²) in [6, 6.07) is -0.343. The van der Waals surface area contributed by atoms with Gasteiger partial charge in [-0.3, -0.25) is 4.79 Å². The van der Waals surface area contributed by atoms with Crippen molar-refractivity contribution < 1.29 is 4.79 Å². The highest BCUT2D eigenvalue weighted by Gasteiger charge is 2.10. The summed E-state index contributed by atoms with van der Waals surface area (Å²) < 4.78 is 0. The molecule has 82 valence electrons. The Morgan fingerprint density at radius 2 is 2.43 bits per heavy atom. The van der Waals surface area contributed by atoms with E-state index in [4.69, 9.17) is 5.73 Å². The zero-order valence-electron chi connectivity index (χ0n) is 8.79. The van der Waals surface area contributed by atoms with E-state index >= 15 is 0 Å². The fraction of sp³-hybridized carbons (Fsp3) is 0.700. The van der Waals surface area contributed by atoms with E-state index in [1.807, 2.05) is 13.0 Å². The number of carbonyl (C=O) groups excluding carboxylic acids is 1. The Morgan fingerprint density at radius 3 is 3.00 bits per heavy atom. The lowest BCUT2D eigenvalue weighted by molar-refractivity contribution is -0.122. The lowest BCUT2D eigenvalue weighted by Crippen LogP contribution is -2.41. The lowest BCUT2D eigenvalue weighted by Gasteiger charge is -2.10. The molecule has 14 heavy (non-hydrogen) atoms. The van der Waals surface area contributed by atoms with Crippen molar-refractivity contribution in [3.05, 3.63) is 12.7 Å². The quantitative estimate of drug-likeness (QED) is 0.473. The third-order valence-electron chi connectivity index (χ3n) is 1.72. The number of amides is 1. The van der Waals surface area contributed by atoms with Crippen molar-refractivity contribution in [3.8, 4) is 0 Å². The lowest BCUT2D eigenvalue weighted by atomic mass is 10.2. The molecule has 3 N–H and O–H groups in total. The first-order chi connectivity index (χ1) is 6.72. The molecule has 1 amide bonds. The molecule has 0 aromatic rings. The maximum Gasteiger partial charge on any atom is 0.236 e. The van der Waals surface area contributed by atoms with Crippen molar-refractivity contribution in [2.75, 3.05) is 18.1 Å². The number of hydrogen-bond acceptors (Lipinski definition) is 3. The minimum absolute atomic E-state index is 0.0361. The Morgan fingerprint density at radius 1 is 1.71 bits per heavy atom. The van der Waals surface area contributed by atoms with Crippen LogP contribution in [0.2, 0.25) is 0 Å². The maximum atomic E-state index is 11.3. The van der Waals surface area contributed by atoms with Crippen molar-refractivity contribution in [2.45, 2.75) is 25.8 Å². The number of nitrogens with one attached hydrogen (secondary N) is 1. The molecule has 0 radical (unpaired) electrons. The summed E-state index contributed by atoms with van der Waals surface area (Å²) >= 11 is 1.75. The van der Waals surface area contributed by atoms with E-state index < -0.39 is 0 Å². The topological polar surface area (TPSA) is 55.1 Å². The predicted octanol–water partition coefficient (Wildman–Crippen LogP) is 1.15. The zero-order chi connectivity index (χ0) is 10.8. The van der Waals surface area contributed by atoms with E-state index in [2.05, 4.69) is 11.9 Å². The van der Waals surface area contributed by atoms with Gasteiger partial charge < -0.3 is 11.1 Å². The van der Waals surface area contributed by atoms with E-state index in [0.717, 1.165) is 24.3 Å². The Bertz CT molecular complexity index is 174. The standard InChI is InChI=1S/C10H20N2OS/c1-3-5-9(11)10(13)12-6-8-14-7-4-2/h4,9H,2-3,5-8,11H2,1H3,(H,12,13)/t9-/m1/s1. The van der Waals surface area contributed by atoms with Crippen LogP contribution in [0.5, 0.6) is 0 Å². The van der Waals surface area contributed by atoms with Crippen molar-refractivity contribution in [2.24, 2.45) is 5.73 Å². The molecule has 0 rings (SSSR count). The van der Waals surface area contributed by atoms with Gasteiger partial charge in [0.1, 0.15) is 0 Å². The highest BCUT2D eigenvalue weighted by Crippen LogP contribution is 1.98. The van der Waals surface area contributed by atoms with Gasteiger partial charge in [0.05, 0.1) is 6.04 Å². The number of rotatable bonds is 8. The van der Waals surface area contributed by atoms with Crippen molar-refractivity contribution in [1.29, 1.82) is 0 Å². The van der Waals surface area contributed by atoms with Gasteiger partial charge in [-0.05, 0) is 6.42 Å². The molecule has 0 bridgehead atoms. The fourth-order valence-electron chi connectivity index (χ4n) is 0.986. The van der Waals surface area contributed by atoms with Gasteiger partial charge in [0, 0.05) is 18.1 Å². The first-order valence-corrected chi connectivity index (χ1v) is 6.09. The molecule has 0 aromatic carbocycles. The molecule has 1 atom stereocenters. The molecule has 3 nitrogen and oxygen atoms in total. The summed E-state index contributed by atoms with van der Waals surface area (Å²) in [4.78, 5) is 11.3. The van der Waals surface area contributed by atoms with Crippen LogP contribution in [0.25, 0.3) is 0 Å². The Labute approximate surface area is 90.5 Å². The van der Waals surface area contributed by atoms with Gasteiger partial charge in [-0.15, -0.1) is 6.58 Å². The highest BCUT2D eigenvalue weighted by atomic mass is 32.2. The molecule has 0 aliphatic rings. The summed E-state index contributed by atoms with van der Waals surface area (Å²) in [7, 11) is 0. The first-order valence-electron chi connectivity index (χ1n) is 4.94. The Hall–Kier alpha value is -0.480. The molecule has 0 fully saturated rings. The summed E-state index contributed by atoms with van der Waals surface area (Å²) in [6.07, 6.45) is 3.56. The summed E-state index contributed by atoms with van der Waals surface area (Å²) in [5.41, 5.74) is 5.63. The van der Waals surface area contributed by atoms with Gasteiger partial charge in [-0.2, -0.15) is 11.8 Å². The van der Waals surface area contributed by atoms with Crippen molar-refractivity contribution >= 4 is 17.7 Å². The average Bonchev–Trinajstić information content (AvgIpc) is 2.17. The number of hydrogen-bond donors (Lipinski definition) is 2. The van der Waals surface area contributed by atoms with Crippen LogP contribution in [0.4, 0.5) is 0 Å². The molecule has 0 unspecified atom stereocenters. The summed E-state index contributed by atoms with van der Waals surface area (Å²) in [5.74, 6) is 1.80. The molecule has 0 aromatic heterocycles. The Kier molecular flexibility index (Phi) is 8.78. The largest absolute Gasteiger partial charge is 0.354 e. The third-order valence-corrected chi connectivity index (χ3v) is 2.68. The maximum absolute atomic E-state index is 11.3. The number of thioether (sulfide) groups is 1. The van der Waals surface area contributed by atoms with Gasteiger partial charge in [0.15, 0.2) is 0 Å². The number of nitrogens with two attached hydrogens (primary N) is 1. The van der Waals surface area contributed by atoms with Crippen LogP contribution in [0.15, 0.2) is 12.7 Å². The van der Waals surface area contributed by atoms with Crippen LogP contribution in [0, 0.1) is 0 Å². The molecule has 0 heterocycles. The first kappa shape index (κ1) is 13.5. The molecular formula is C10H20N2OS. The van der Waals surface area contributed by atoms with E-state index in [-0.39, 0.29) is 11.9 Å². The van der Waals surface area contributed by atoms with E-state index in [0.29, 0.717) is 6.54 Å². The molecule has 0 spiro atoms. The van der Waals surface area contributed by atoms with Crippen LogP contribution in [-0.4, -0.2) is 30.0 Å². The minimum Gasteiger partial charge on any atom is -0.354 e. The van der Waals surface area contributed by atoms with Crippen molar-refractivity contribution in [3.63, 3.8) is 0 Å². The van der Waals surface area contributed by atoms with Gasteiger partial charge in [-0.25, -0.2) is 0 Å². The van der Waals surface area contributed by atoms with E-state index in [9.17, 15) is 4.79 Å². The van der Waals surface area contributed by atoms with Crippen LogP contribution in [-0.2, 0) is 4.79 Å². The highest BCUT2D eigenvalue weighted by molar-refractivity contribution is 7.99. The van der Waals surface area contributed by atoms with Crippen LogP contribution >= 0.6 is 11.8 Å². The second-order valence-corrected chi connectivity index (χ2v) is 4.20. The van der Waals surface area contributed by atoms with Gasteiger partial charge in [-0.1, -0.05) is 19.4 Å². The minimum atomic E-state index is -0.343. The molecule has 0 saturated heterocycles. The van der Waals surface area contributed by atoms with Gasteiger partial charge in [0.2, 0.25) is 5.91 Å². The second kappa shape index (κ2) is 9.09. The van der Waals surface area contributed by atoms with Crippen LogP contribution < -0.4 is 11.1 Å². The molecule has 0 aliphatic carbocycles. The molecule has 0 aliphatic heterocycles. The number of carbonyl (C=O) groups is 1. The van der Waals surface area contributed by atoms with Gasteiger partial charge in [0.25, 0.3) is 0 Å². The van der Waals surface area contributed by atoms with Crippen LogP contribution in [0.3, 0.4) is 0 Å². The summed E-state index contributed by atoms with van der Waals surface area (Å²) in [5, 5.41) is 2.81. The molecule has 0 saturated carbocycles. The fourth-order valence-corrected chi connectivity index (χ4v) is 1.57.